The van der Waals surface area contributed by atoms with Crippen LogP contribution >= 0.6 is 11.3 Å². The lowest BCUT2D eigenvalue weighted by atomic mass is 10.1. The molecule has 0 aliphatic rings. The first kappa shape index (κ1) is 13.2. The molecule has 2 aromatic rings. The summed E-state index contributed by atoms with van der Waals surface area (Å²) >= 11 is 1.77. The first-order valence-electron chi connectivity index (χ1n) is 6.40. The largest absolute Gasteiger partial charge is 0.387 e. The second-order valence-electron chi connectivity index (χ2n) is 4.37. The Morgan fingerprint density at radius 2 is 2.39 bits per heavy atom. The summed E-state index contributed by atoms with van der Waals surface area (Å²) in [6, 6.07) is 4.20. The molecule has 0 radical (unpaired) electrons. The fourth-order valence-corrected chi connectivity index (χ4v) is 2.73. The van der Waals surface area contributed by atoms with E-state index in [1.54, 1.807) is 22.2 Å². The molecule has 0 aliphatic carbocycles. The lowest BCUT2D eigenvalue weighted by Crippen LogP contribution is -2.09. The molecule has 0 saturated carbocycles. The van der Waals surface area contributed by atoms with Gasteiger partial charge in [0.2, 0.25) is 0 Å². The van der Waals surface area contributed by atoms with Gasteiger partial charge in [-0.3, -0.25) is 0 Å². The normalized spacial score (nSPS) is 12.8. The number of aromatic nitrogens is 3. The van der Waals surface area contributed by atoms with Crippen LogP contribution in [0.15, 0.2) is 23.7 Å². The first-order valence-corrected chi connectivity index (χ1v) is 7.28. The lowest BCUT2D eigenvalue weighted by Gasteiger charge is -2.11. The van der Waals surface area contributed by atoms with E-state index in [-0.39, 0.29) is 0 Å². The van der Waals surface area contributed by atoms with Crippen LogP contribution in [0.25, 0.3) is 0 Å². The van der Waals surface area contributed by atoms with Gasteiger partial charge in [-0.2, -0.15) is 0 Å². The molecule has 5 heteroatoms. The number of hydrogen-bond acceptors (Lipinski definition) is 4. The number of aliphatic hydroxyl groups is 1. The third-order valence-corrected chi connectivity index (χ3v) is 3.84. The van der Waals surface area contributed by atoms with Crippen molar-refractivity contribution in [3.8, 4) is 0 Å². The topological polar surface area (TPSA) is 50.9 Å². The summed E-state index contributed by atoms with van der Waals surface area (Å²) in [6.07, 6.45) is 4.99. The lowest BCUT2D eigenvalue weighted by molar-refractivity contribution is 0.153. The summed E-state index contributed by atoms with van der Waals surface area (Å²) in [5.41, 5.74) is 0.836. The smallest absolute Gasteiger partial charge is 0.0973 e. The predicted molar refractivity (Wildman–Crippen MR) is 72.5 cm³/mol. The van der Waals surface area contributed by atoms with Gasteiger partial charge in [-0.15, -0.1) is 16.4 Å². The highest BCUT2D eigenvalue weighted by molar-refractivity contribution is 7.09. The fraction of sp³-hybridized carbons (Fsp3) is 0.538. The number of hydrogen-bond donors (Lipinski definition) is 1. The molecule has 2 rings (SSSR count). The van der Waals surface area contributed by atoms with E-state index in [0.717, 1.165) is 37.9 Å². The summed E-state index contributed by atoms with van der Waals surface area (Å²) in [7, 11) is 0. The van der Waals surface area contributed by atoms with E-state index >= 15 is 0 Å². The molecule has 98 valence electrons. The van der Waals surface area contributed by atoms with E-state index in [0.29, 0.717) is 0 Å². The van der Waals surface area contributed by atoms with Crippen LogP contribution in [0.5, 0.6) is 0 Å². The zero-order valence-electron chi connectivity index (χ0n) is 10.6. The maximum atomic E-state index is 10.1. The number of nitrogens with zero attached hydrogens (tertiary/aromatic N) is 3. The van der Waals surface area contributed by atoms with Crippen LogP contribution < -0.4 is 0 Å². The molecular formula is C13H19N3OS. The Labute approximate surface area is 111 Å². The van der Waals surface area contributed by atoms with Crippen LogP contribution in [0, 0.1) is 0 Å². The monoisotopic (exact) mass is 265 g/mol. The summed E-state index contributed by atoms with van der Waals surface area (Å²) in [5.74, 6) is 0. The fourth-order valence-electron chi connectivity index (χ4n) is 1.98. The molecule has 0 bridgehead atoms. The zero-order chi connectivity index (χ0) is 12.8. The maximum absolute atomic E-state index is 10.1. The van der Waals surface area contributed by atoms with Crippen LogP contribution in [0.1, 0.15) is 42.9 Å². The minimum atomic E-state index is -0.452. The summed E-state index contributed by atoms with van der Waals surface area (Å²) in [6.45, 7) is 2.91. The molecule has 1 unspecified atom stereocenters. The molecule has 1 atom stereocenters. The van der Waals surface area contributed by atoms with E-state index in [4.69, 9.17) is 0 Å². The molecule has 1 N–H and O–H groups in total. The van der Waals surface area contributed by atoms with E-state index < -0.39 is 6.10 Å². The summed E-state index contributed by atoms with van der Waals surface area (Å²) in [5, 5.41) is 20.1. The Morgan fingerprint density at radius 3 is 3.11 bits per heavy atom. The van der Waals surface area contributed by atoms with Crippen molar-refractivity contribution in [2.24, 2.45) is 0 Å². The number of thiophene rings is 1. The van der Waals surface area contributed by atoms with Crippen molar-refractivity contribution in [1.29, 1.82) is 0 Å². The summed E-state index contributed by atoms with van der Waals surface area (Å²) in [4.78, 5) is 1.38. The molecule has 0 amide bonds. The van der Waals surface area contributed by atoms with Gasteiger partial charge in [0, 0.05) is 11.4 Å². The quantitative estimate of drug-likeness (QED) is 0.837. The predicted octanol–water partition coefficient (Wildman–Crippen LogP) is 2.81. The van der Waals surface area contributed by atoms with Gasteiger partial charge in [-0.25, -0.2) is 4.68 Å². The highest BCUT2D eigenvalue weighted by Gasteiger charge is 2.13. The highest BCUT2D eigenvalue weighted by atomic mass is 32.1. The number of aryl methyl sites for hydroxylation is 2. The molecule has 2 heterocycles. The minimum Gasteiger partial charge on any atom is -0.387 e. The molecule has 0 aliphatic heterocycles. The third-order valence-electron chi connectivity index (χ3n) is 2.91. The molecule has 0 fully saturated rings. The van der Waals surface area contributed by atoms with Crippen molar-refractivity contribution < 1.29 is 5.11 Å². The second kappa shape index (κ2) is 6.66. The number of aliphatic hydroxyl groups excluding tert-OH is 1. The third kappa shape index (κ3) is 3.40. The molecule has 4 nitrogen and oxygen atoms in total. The molecule has 0 aromatic carbocycles. The molecule has 18 heavy (non-hydrogen) atoms. The highest BCUT2D eigenvalue weighted by Crippen LogP contribution is 2.20. The van der Waals surface area contributed by atoms with Crippen molar-refractivity contribution >= 4 is 11.3 Å². The first-order chi connectivity index (χ1) is 8.81. The Balaban J connectivity index is 1.83. The van der Waals surface area contributed by atoms with Gasteiger partial charge >= 0.3 is 0 Å². The summed E-state index contributed by atoms with van der Waals surface area (Å²) < 4.78 is 1.80. The maximum Gasteiger partial charge on any atom is 0.0973 e. The average molecular weight is 265 g/mol. The van der Waals surface area contributed by atoms with Crippen LogP contribution in [-0.2, 0) is 13.0 Å². The molecule has 0 saturated heterocycles. The Bertz CT molecular complexity index is 453. The molecule has 0 spiro atoms. The zero-order valence-corrected chi connectivity index (χ0v) is 11.4. The molecular weight excluding hydrogens is 246 g/mol. The van der Waals surface area contributed by atoms with E-state index in [1.807, 2.05) is 0 Å². The SMILES string of the molecule is CCCn1nncc1C(O)CCCc1cccs1. The van der Waals surface area contributed by atoms with Crippen LogP contribution in [0.4, 0.5) is 0 Å². The molecule has 2 aromatic heterocycles. The van der Waals surface area contributed by atoms with Crippen molar-refractivity contribution in [3.05, 3.63) is 34.3 Å². The van der Waals surface area contributed by atoms with Crippen molar-refractivity contribution in [3.63, 3.8) is 0 Å². The van der Waals surface area contributed by atoms with Gasteiger partial charge in [0.05, 0.1) is 18.0 Å². The van der Waals surface area contributed by atoms with Gasteiger partial charge < -0.3 is 5.11 Å². The van der Waals surface area contributed by atoms with Gasteiger partial charge in [0.25, 0.3) is 0 Å². The van der Waals surface area contributed by atoms with Gasteiger partial charge in [-0.05, 0) is 37.1 Å². The second-order valence-corrected chi connectivity index (χ2v) is 5.40. The average Bonchev–Trinajstić information content (AvgIpc) is 3.00. The van der Waals surface area contributed by atoms with Gasteiger partial charge in [0.15, 0.2) is 0 Å². The van der Waals surface area contributed by atoms with E-state index in [2.05, 4.69) is 34.7 Å². The van der Waals surface area contributed by atoms with Crippen molar-refractivity contribution in [1.82, 2.24) is 15.0 Å². The van der Waals surface area contributed by atoms with Crippen molar-refractivity contribution in [2.45, 2.75) is 45.3 Å². The minimum absolute atomic E-state index is 0.452. The standard InChI is InChI=1S/C13H19N3OS/c1-2-8-16-12(10-14-15-16)13(17)7-3-5-11-6-4-9-18-11/h4,6,9-10,13,17H,2-3,5,7-8H2,1H3. The number of rotatable bonds is 7. The van der Waals surface area contributed by atoms with Crippen LogP contribution in [0.2, 0.25) is 0 Å². The Kier molecular flexibility index (Phi) is 4.90. The van der Waals surface area contributed by atoms with Crippen LogP contribution in [0.3, 0.4) is 0 Å². The van der Waals surface area contributed by atoms with Gasteiger partial charge in [0.1, 0.15) is 0 Å². The van der Waals surface area contributed by atoms with Gasteiger partial charge in [-0.1, -0.05) is 18.2 Å². The Hall–Kier alpha value is -1.20. The van der Waals surface area contributed by atoms with E-state index in [1.165, 1.54) is 4.88 Å². The Morgan fingerprint density at radius 1 is 1.50 bits per heavy atom. The van der Waals surface area contributed by atoms with E-state index in [9.17, 15) is 5.11 Å². The van der Waals surface area contributed by atoms with Crippen LogP contribution in [-0.4, -0.2) is 20.1 Å². The van der Waals surface area contributed by atoms with Crippen molar-refractivity contribution in [2.75, 3.05) is 0 Å².